The molecule has 0 saturated heterocycles. The van der Waals surface area contributed by atoms with Crippen LogP contribution in [0.3, 0.4) is 0 Å². The van der Waals surface area contributed by atoms with Gasteiger partial charge in [0, 0.05) is 10.2 Å². The molecule has 20 heavy (non-hydrogen) atoms. The van der Waals surface area contributed by atoms with Crippen LogP contribution in [-0.2, 0) is 14.3 Å². The fourth-order valence-corrected chi connectivity index (χ4v) is 2.56. The Morgan fingerprint density at radius 2 is 2.10 bits per heavy atom. The molecule has 1 aliphatic rings. The van der Waals surface area contributed by atoms with Gasteiger partial charge < -0.3 is 10.1 Å². The number of esters is 1. The lowest BCUT2D eigenvalue weighted by atomic mass is 10.1. The van der Waals surface area contributed by atoms with Gasteiger partial charge in [-0.2, -0.15) is 0 Å². The molecule has 0 bridgehead atoms. The highest BCUT2D eigenvalue weighted by Gasteiger charge is 2.58. The largest absolute Gasteiger partial charge is 0.465 e. The number of hydrogen-bond acceptors (Lipinski definition) is 3. The average Bonchev–Trinajstić information content (AvgIpc) is 3.17. The molecule has 1 amide bonds. The number of carbonyl (C=O) groups excluding carboxylic acids is 2. The Bertz CT molecular complexity index is 570. The molecule has 0 aliphatic heterocycles. The first-order chi connectivity index (χ1) is 9.40. The van der Waals surface area contributed by atoms with Crippen molar-refractivity contribution in [3.63, 3.8) is 0 Å². The minimum absolute atomic E-state index is 0.275. The van der Waals surface area contributed by atoms with Gasteiger partial charge in [-0.3, -0.25) is 9.59 Å². The summed E-state index contributed by atoms with van der Waals surface area (Å²) in [5.74, 6) is -0.768. The summed E-state index contributed by atoms with van der Waals surface area (Å²) < 4.78 is 5.73. The van der Waals surface area contributed by atoms with E-state index in [4.69, 9.17) is 16.3 Å². The predicted octanol–water partition coefficient (Wildman–Crippen LogP) is 3.69. The molecule has 108 valence electrons. The molecule has 0 aromatic heterocycles. The fourth-order valence-electron chi connectivity index (χ4n) is 1.94. The number of aryl methyl sites for hydroxylation is 1. The second kappa shape index (κ2) is 5.74. The van der Waals surface area contributed by atoms with E-state index >= 15 is 0 Å². The van der Waals surface area contributed by atoms with Gasteiger partial charge in [0.2, 0.25) is 5.91 Å². The van der Waals surface area contributed by atoms with E-state index in [9.17, 15) is 9.59 Å². The predicted molar refractivity (Wildman–Crippen MR) is 80.8 cm³/mol. The number of amides is 1. The van der Waals surface area contributed by atoms with Crippen LogP contribution in [0.15, 0.2) is 16.6 Å². The lowest BCUT2D eigenvalue weighted by Crippen LogP contribution is -2.33. The first-order valence-corrected chi connectivity index (χ1v) is 7.52. The lowest BCUT2D eigenvalue weighted by molar-refractivity contribution is -0.152. The van der Waals surface area contributed by atoms with Gasteiger partial charge in [0.25, 0.3) is 0 Å². The van der Waals surface area contributed by atoms with Crippen molar-refractivity contribution in [3.8, 4) is 0 Å². The van der Waals surface area contributed by atoms with Gasteiger partial charge in [-0.1, -0.05) is 11.6 Å². The molecule has 1 aromatic rings. The summed E-state index contributed by atoms with van der Waals surface area (Å²) in [5.41, 5.74) is 0.468. The third-order valence-corrected chi connectivity index (χ3v) is 4.56. The topological polar surface area (TPSA) is 55.4 Å². The van der Waals surface area contributed by atoms with Crippen molar-refractivity contribution in [3.05, 3.63) is 27.2 Å². The number of hydrogen-bond donors (Lipinski definition) is 1. The zero-order valence-corrected chi connectivity index (χ0v) is 13.6. The third-order valence-electron chi connectivity index (χ3n) is 3.37. The molecule has 1 aromatic carbocycles. The Morgan fingerprint density at radius 3 is 2.65 bits per heavy atom. The van der Waals surface area contributed by atoms with E-state index in [1.54, 1.807) is 13.0 Å². The molecule has 6 heteroatoms. The summed E-state index contributed by atoms with van der Waals surface area (Å²) in [7, 11) is 0. The van der Waals surface area contributed by atoms with Crippen LogP contribution in [-0.4, -0.2) is 18.5 Å². The second-order valence-corrected chi connectivity index (χ2v) is 6.10. The molecule has 2 rings (SSSR count). The normalized spacial score (nSPS) is 15.6. The number of carbonyl (C=O) groups is 2. The van der Waals surface area contributed by atoms with Crippen LogP contribution in [0.25, 0.3) is 0 Å². The molecule has 1 saturated carbocycles. The van der Waals surface area contributed by atoms with E-state index in [1.807, 2.05) is 13.0 Å². The van der Waals surface area contributed by atoms with E-state index in [1.165, 1.54) is 0 Å². The SMILES string of the molecule is CCOC(=O)C1(C(=O)Nc2cc(Cl)c(Br)cc2C)CC1. The number of nitrogens with one attached hydrogen (secondary N) is 1. The number of benzene rings is 1. The third kappa shape index (κ3) is 2.83. The van der Waals surface area contributed by atoms with Crippen LogP contribution in [0.5, 0.6) is 0 Å². The summed E-state index contributed by atoms with van der Waals surface area (Å²) in [4.78, 5) is 24.1. The van der Waals surface area contributed by atoms with E-state index < -0.39 is 11.4 Å². The Hall–Kier alpha value is -1.07. The average molecular weight is 361 g/mol. The van der Waals surface area contributed by atoms with Crippen molar-refractivity contribution in [2.75, 3.05) is 11.9 Å². The maximum absolute atomic E-state index is 12.3. The zero-order valence-electron chi connectivity index (χ0n) is 11.3. The molecular formula is C14H15BrClNO3. The molecule has 0 heterocycles. The van der Waals surface area contributed by atoms with E-state index in [0.717, 1.165) is 10.0 Å². The first-order valence-electron chi connectivity index (χ1n) is 6.35. The molecule has 1 fully saturated rings. The molecule has 4 nitrogen and oxygen atoms in total. The minimum Gasteiger partial charge on any atom is -0.465 e. The summed E-state index contributed by atoms with van der Waals surface area (Å²) in [6, 6.07) is 3.49. The Morgan fingerprint density at radius 1 is 1.45 bits per heavy atom. The van der Waals surface area contributed by atoms with Crippen molar-refractivity contribution in [1.29, 1.82) is 0 Å². The molecular weight excluding hydrogens is 346 g/mol. The van der Waals surface area contributed by atoms with Gasteiger partial charge in [-0.25, -0.2) is 0 Å². The molecule has 0 spiro atoms. The highest BCUT2D eigenvalue weighted by Crippen LogP contribution is 2.48. The van der Waals surface area contributed by atoms with Crippen molar-refractivity contribution in [2.45, 2.75) is 26.7 Å². The number of rotatable bonds is 4. The number of ether oxygens (including phenoxy) is 1. The summed E-state index contributed by atoms with van der Waals surface area (Å²) in [6.07, 6.45) is 1.06. The summed E-state index contributed by atoms with van der Waals surface area (Å²) >= 11 is 9.34. The lowest BCUT2D eigenvalue weighted by Gasteiger charge is -2.15. The Kier molecular flexibility index (Phi) is 4.39. The minimum atomic E-state index is -1.01. The Balaban J connectivity index is 2.17. The second-order valence-electron chi connectivity index (χ2n) is 4.84. The van der Waals surface area contributed by atoms with Crippen LogP contribution in [0.2, 0.25) is 5.02 Å². The molecule has 0 unspecified atom stereocenters. The van der Waals surface area contributed by atoms with Gasteiger partial charge in [0.05, 0.1) is 11.6 Å². The number of halogens is 2. The molecule has 0 radical (unpaired) electrons. The van der Waals surface area contributed by atoms with Crippen molar-refractivity contribution in [2.24, 2.45) is 5.41 Å². The van der Waals surface area contributed by atoms with Crippen LogP contribution < -0.4 is 5.32 Å². The highest BCUT2D eigenvalue weighted by molar-refractivity contribution is 9.10. The van der Waals surface area contributed by atoms with Gasteiger partial charge in [-0.15, -0.1) is 0 Å². The summed E-state index contributed by atoms with van der Waals surface area (Å²) in [6.45, 7) is 3.86. The monoisotopic (exact) mass is 359 g/mol. The fraction of sp³-hybridized carbons (Fsp3) is 0.429. The van der Waals surface area contributed by atoms with Crippen LogP contribution in [0.4, 0.5) is 5.69 Å². The van der Waals surface area contributed by atoms with Crippen molar-refractivity contribution in [1.82, 2.24) is 0 Å². The standard InChI is InChI=1S/C14H15BrClNO3/c1-3-20-13(19)14(4-5-14)12(18)17-11-7-10(16)9(15)6-8(11)2/h6-7H,3-5H2,1-2H3,(H,17,18). The van der Waals surface area contributed by atoms with Crippen molar-refractivity contribution < 1.29 is 14.3 Å². The van der Waals surface area contributed by atoms with Crippen LogP contribution in [0.1, 0.15) is 25.3 Å². The van der Waals surface area contributed by atoms with Gasteiger partial charge in [0.1, 0.15) is 5.41 Å². The van der Waals surface area contributed by atoms with Crippen LogP contribution in [0, 0.1) is 12.3 Å². The highest BCUT2D eigenvalue weighted by atomic mass is 79.9. The molecule has 1 N–H and O–H groups in total. The smallest absolute Gasteiger partial charge is 0.321 e. The van der Waals surface area contributed by atoms with E-state index in [2.05, 4.69) is 21.2 Å². The zero-order chi connectivity index (χ0) is 14.9. The summed E-state index contributed by atoms with van der Waals surface area (Å²) in [5, 5.41) is 3.28. The molecule has 0 atom stereocenters. The van der Waals surface area contributed by atoms with E-state index in [0.29, 0.717) is 23.6 Å². The Labute approximate surface area is 131 Å². The molecule has 1 aliphatic carbocycles. The van der Waals surface area contributed by atoms with Gasteiger partial charge in [0.15, 0.2) is 0 Å². The van der Waals surface area contributed by atoms with E-state index in [-0.39, 0.29) is 12.5 Å². The maximum atomic E-state index is 12.3. The first kappa shape index (κ1) is 15.3. The number of anilines is 1. The van der Waals surface area contributed by atoms with Gasteiger partial charge in [-0.05, 0) is 60.3 Å². The van der Waals surface area contributed by atoms with Gasteiger partial charge >= 0.3 is 5.97 Å². The van der Waals surface area contributed by atoms with Crippen molar-refractivity contribution >= 4 is 45.1 Å². The quantitative estimate of drug-likeness (QED) is 0.658. The maximum Gasteiger partial charge on any atom is 0.321 e. The van der Waals surface area contributed by atoms with Crippen LogP contribution >= 0.6 is 27.5 Å².